The minimum atomic E-state index is -0.465. The lowest BCUT2D eigenvalue weighted by atomic mass is 9.85. The molecule has 1 fully saturated rings. The Hall–Kier alpha value is -0.590. The molecule has 2 rings (SSSR count). The molecule has 1 heterocycles. The summed E-state index contributed by atoms with van der Waals surface area (Å²) >= 11 is 3.45. The molecule has 1 aliphatic rings. The van der Waals surface area contributed by atoms with E-state index in [-0.39, 0.29) is 5.97 Å². The van der Waals surface area contributed by atoms with E-state index in [0.717, 1.165) is 42.3 Å². The van der Waals surface area contributed by atoms with Crippen molar-refractivity contribution in [3.8, 4) is 0 Å². The molecule has 4 nitrogen and oxygen atoms in total. The van der Waals surface area contributed by atoms with Crippen molar-refractivity contribution in [1.29, 1.82) is 0 Å². The lowest BCUT2D eigenvalue weighted by molar-refractivity contribution is -0.150. The average Bonchev–Trinajstić information content (AvgIpc) is 3.09. The quantitative estimate of drug-likeness (QED) is 0.619. The van der Waals surface area contributed by atoms with E-state index in [1.165, 1.54) is 7.11 Å². The maximum Gasteiger partial charge on any atom is 0.326 e. The van der Waals surface area contributed by atoms with Crippen LogP contribution in [0.25, 0.3) is 0 Å². The number of likely N-dealkylation sites (N-methyl/N-ethyl adjacent to an activating group) is 1. The molecule has 0 aromatic carbocycles. The third kappa shape index (κ3) is 3.35. The van der Waals surface area contributed by atoms with Gasteiger partial charge in [0.05, 0.1) is 7.11 Å². The number of nitrogens with one attached hydrogen (secondary N) is 1. The topological polar surface area (TPSA) is 51.2 Å². The molecular weight excluding hydrogens is 292 g/mol. The minimum absolute atomic E-state index is 0.0962. The van der Waals surface area contributed by atoms with Crippen LogP contribution in [0.2, 0.25) is 0 Å². The van der Waals surface area contributed by atoms with Crippen LogP contribution in [0.4, 0.5) is 0 Å². The zero-order valence-corrected chi connectivity index (χ0v) is 13.7. The molecule has 2 unspecified atom stereocenters. The van der Waals surface area contributed by atoms with Gasteiger partial charge in [0, 0.05) is 17.3 Å². The summed E-state index contributed by atoms with van der Waals surface area (Å²) in [6, 6.07) is 0. The number of aromatic nitrogens is 1. The van der Waals surface area contributed by atoms with Gasteiger partial charge in [0.15, 0.2) is 0 Å². The number of nitrogens with zero attached hydrogens (tertiary/aromatic N) is 1. The van der Waals surface area contributed by atoms with Gasteiger partial charge in [-0.05, 0) is 31.7 Å². The zero-order chi connectivity index (χ0) is 14.4. The maximum absolute atomic E-state index is 12.2. The summed E-state index contributed by atoms with van der Waals surface area (Å²) in [5, 5.41) is 5.40. The van der Waals surface area contributed by atoms with E-state index in [0.29, 0.717) is 5.92 Å². The Morgan fingerprint density at radius 1 is 1.70 bits per heavy atom. The van der Waals surface area contributed by atoms with Gasteiger partial charge in [-0.2, -0.15) is 0 Å². The van der Waals surface area contributed by atoms with E-state index in [2.05, 4.69) is 10.3 Å². The molecule has 0 bridgehead atoms. The van der Waals surface area contributed by atoms with Crippen LogP contribution in [0.3, 0.4) is 0 Å². The Bertz CT molecular complexity index is 425. The molecular formula is C14H22N2O2S2. The Labute approximate surface area is 128 Å². The smallest absolute Gasteiger partial charge is 0.326 e. The van der Waals surface area contributed by atoms with Crippen molar-refractivity contribution >= 4 is 29.1 Å². The number of ether oxygens (including phenoxy) is 1. The molecule has 0 spiro atoms. The van der Waals surface area contributed by atoms with Crippen LogP contribution in [0.5, 0.6) is 0 Å². The van der Waals surface area contributed by atoms with Crippen molar-refractivity contribution in [2.24, 2.45) is 5.92 Å². The van der Waals surface area contributed by atoms with Crippen LogP contribution in [0.15, 0.2) is 15.9 Å². The number of esters is 1. The van der Waals surface area contributed by atoms with E-state index in [4.69, 9.17) is 4.74 Å². The number of thioether (sulfide) groups is 1. The van der Waals surface area contributed by atoms with Crippen molar-refractivity contribution < 1.29 is 9.53 Å². The van der Waals surface area contributed by atoms with Crippen LogP contribution in [-0.4, -0.2) is 35.9 Å². The summed E-state index contributed by atoms with van der Waals surface area (Å²) in [4.78, 5) is 16.5. The first-order valence-electron chi connectivity index (χ1n) is 7.08. The van der Waals surface area contributed by atoms with Crippen molar-refractivity contribution in [2.45, 2.75) is 42.5 Å². The highest BCUT2D eigenvalue weighted by Crippen LogP contribution is 2.40. The van der Waals surface area contributed by atoms with Crippen molar-refractivity contribution in [2.75, 3.05) is 19.4 Å². The van der Waals surface area contributed by atoms with Crippen molar-refractivity contribution in [3.05, 3.63) is 11.6 Å². The second kappa shape index (κ2) is 7.43. The lowest BCUT2D eigenvalue weighted by Gasteiger charge is -2.33. The fraction of sp³-hybridized carbons (Fsp3) is 0.714. The molecule has 0 aliphatic heterocycles. The number of hydrogen-bond donors (Lipinski definition) is 1. The normalized spacial score (nSPS) is 25.8. The lowest BCUT2D eigenvalue weighted by Crippen LogP contribution is -2.55. The number of hydrogen-bond acceptors (Lipinski definition) is 6. The highest BCUT2D eigenvalue weighted by Gasteiger charge is 2.48. The molecule has 20 heavy (non-hydrogen) atoms. The molecule has 6 heteroatoms. The van der Waals surface area contributed by atoms with E-state index in [9.17, 15) is 4.79 Å². The van der Waals surface area contributed by atoms with E-state index < -0.39 is 5.54 Å². The van der Waals surface area contributed by atoms with Gasteiger partial charge in [-0.15, -0.1) is 11.3 Å². The standard InChI is InChI=1S/C14H22N2O2S2/c1-3-16-14(12(17)18-2)7-4-5-11(14)6-9-19-13-15-8-10-20-13/h8,10-11,16H,3-7,9H2,1-2H3. The fourth-order valence-electron chi connectivity index (χ4n) is 3.11. The van der Waals surface area contributed by atoms with Gasteiger partial charge in [0.1, 0.15) is 9.88 Å². The molecule has 2 atom stereocenters. The van der Waals surface area contributed by atoms with Crippen LogP contribution < -0.4 is 5.32 Å². The van der Waals surface area contributed by atoms with Gasteiger partial charge in [0.25, 0.3) is 0 Å². The molecule has 1 aromatic heterocycles. The first-order valence-corrected chi connectivity index (χ1v) is 8.95. The van der Waals surface area contributed by atoms with E-state index in [1.54, 1.807) is 23.1 Å². The molecule has 0 radical (unpaired) electrons. The zero-order valence-electron chi connectivity index (χ0n) is 12.1. The van der Waals surface area contributed by atoms with Gasteiger partial charge in [-0.3, -0.25) is 4.79 Å². The maximum atomic E-state index is 12.2. The molecule has 112 valence electrons. The van der Waals surface area contributed by atoms with E-state index in [1.807, 2.05) is 18.5 Å². The van der Waals surface area contributed by atoms with Crippen LogP contribution >= 0.6 is 23.1 Å². The highest BCUT2D eigenvalue weighted by molar-refractivity contribution is 8.00. The molecule has 1 aliphatic carbocycles. The highest BCUT2D eigenvalue weighted by atomic mass is 32.2. The van der Waals surface area contributed by atoms with Crippen LogP contribution in [-0.2, 0) is 9.53 Å². The Kier molecular flexibility index (Phi) is 5.86. The van der Waals surface area contributed by atoms with Gasteiger partial charge >= 0.3 is 5.97 Å². The number of carbonyl (C=O) groups is 1. The summed E-state index contributed by atoms with van der Waals surface area (Å²) in [7, 11) is 1.49. The summed E-state index contributed by atoms with van der Waals surface area (Å²) < 4.78 is 6.16. The number of rotatable bonds is 7. The van der Waals surface area contributed by atoms with Gasteiger partial charge in [-0.1, -0.05) is 25.1 Å². The molecule has 1 aromatic rings. The van der Waals surface area contributed by atoms with Gasteiger partial charge in [0.2, 0.25) is 0 Å². The molecule has 1 N–H and O–H groups in total. The summed E-state index contributed by atoms with van der Waals surface area (Å²) in [5.74, 6) is 1.27. The third-order valence-corrected chi connectivity index (χ3v) is 5.96. The van der Waals surface area contributed by atoms with Gasteiger partial charge in [-0.25, -0.2) is 4.98 Å². The largest absolute Gasteiger partial charge is 0.468 e. The second-order valence-electron chi connectivity index (χ2n) is 5.02. The Morgan fingerprint density at radius 2 is 2.55 bits per heavy atom. The Balaban J connectivity index is 1.95. The summed E-state index contributed by atoms with van der Waals surface area (Å²) in [5.41, 5.74) is -0.465. The van der Waals surface area contributed by atoms with Crippen LogP contribution in [0.1, 0.15) is 32.6 Å². The molecule has 1 saturated carbocycles. The number of methoxy groups -OCH3 is 1. The number of thiazole rings is 1. The minimum Gasteiger partial charge on any atom is -0.468 e. The van der Waals surface area contributed by atoms with Crippen molar-refractivity contribution in [3.63, 3.8) is 0 Å². The van der Waals surface area contributed by atoms with Gasteiger partial charge < -0.3 is 10.1 Å². The molecule has 0 amide bonds. The Morgan fingerprint density at radius 3 is 3.20 bits per heavy atom. The summed E-state index contributed by atoms with van der Waals surface area (Å²) in [6.45, 7) is 2.84. The number of carbonyl (C=O) groups excluding carboxylic acids is 1. The van der Waals surface area contributed by atoms with E-state index >= 15 is 0 Å². The second-order valence-corrected chi connectivity index (χ2v) is 7.25. The predicted octanol–water partition coefficient (Wildman–Crippen LogP) is 2.95. The van der Waals surface area contributed by atoms with Crippen molar-refractivity contribution in [1.82, 2.24) is 10.3 Å². The molecule has 0 saturated heterocycles. The third-order valence-electron chi connectivity index (χ3n) is 3.96. The first kappa shape index (κ1) is 15.8. The SMILES string of the molecule is CCNC1(C(=O)OC)CCCC1CCSc1nccs1. The first-order chi connectivity index (χ1) is 9.73. The monoisotopic (exact) mass is 314 g/mol. The fourth-order valence-corrected chi connectivity index (χ4v) is 4.87. The summed E-state index contributed by atoms with van der Waals surface area (Å²) in [6.07, 6.45) is 5.93. The predicted molar refractivity (Wildman–Crippen MR) is 83.2 cm³/mol. The average molecular weight is 314 g/mol. The van der Waals surface area contributed by atoms with Crippen LogP contribution in [0, 0.1) is 5.92 Å².